The minimum atomic E-state index is -0.529. The summed E-state index contributed by atoms with van der Waals surface area (Å²) in [6.07, 6.45) is 0. The van der Waals surface area contributed by atoms with Crippen molar-refractivity contribution >= 4 is 54.9 Å². The van der Waals surface area contributed by atoms with Crippen LogP contribution in [0.25, 0.3) is 0 Å². The molecule has 0 fully saturated rings. The standard InChI is InChI=1S/C12H10Br2N4O3/c1-21-10-5-8(6(13)4-7(10)14)16-12-9(18(19)20)2-3-11(15)17-12/h2-5H,1H3,(H3,15,16,17). The first-order valence-corrected chi connectivity index (χ1v) is 7.22. The van der Waals surface area contributed by atoms with Crippen LogP contribution in [0.2, 0.25) is 0 Å². The van der Waals surface area contributed by atoms with Gasteiger partial charge in [-0.3, -0.25) is 10.1 Å². The first kappa shape index (κ1) is 15.5. The van der Waals surface area contributed by atoms with Gasteiger partial charge in [0.05, 0.1) is 22.2 Å². The predicted molar refractivity (Wildman–Crippen MR) is 87.0 cm³/mol. The molecule has 0 unspecified atom stereocenters. The van der Waals surface area contributed by atoms with Gasteiger partial charge in [0, 0.05) is 16.6 Å². The number of pyridine rings is 1. The normalized spacial score (nSPS) is 10.2. The molecule has 0 aliphatic carbocycles. The smallest absolute Gasteiger partial charge is 0.311 e. The maximum Gasteiger partial charge on any atom is 0.311 e. The molecule has 0 aliphatic heterocycles. The maximum atomic E-state index is 11.0. The van der Waals surface area contributed by atoms with Gasteiger partial charge in [-0.15, -0.1) is 0 Å². The number of nitrogens with one attached hydrogen (secondary N) is 1. The second-order valence-electron chi connectivity index (χ2n) is 3.95. The van der Waals surface area contributed by atoms with Gasteiger partial charge >= 0.3 is 5.69 Å². The van der Waals surface area contributed by atoms with Crippen LogP contribution in [0.3, 0.4) is 0 Å². The number of hydrogen-bond donors (Lipinski definition) is 2. The molecule has 1 aromatic heterocycles. The number of methoxy groups -OCH3 is 1. The lowest BCUT2D eigenvalue weighted by Crippen LogP contribution is -2.02. The van der Waals surface area contributed by atoms with E-state index in [-0.39, 0.29) is 17.3 Å². The number of anilines is 3. The van der Waals surface area contributed by atoms with Crippen LogP contribution < -0.4 is 15.8 Å². The van der Waals surface area contributed by atoms with Crippen LogP contribution in [-0.4, -0.2) is 17.0 Å². The monoisotopic (exact) mass is 416 g/mol. The molecule has 1 heterocycles. The van der Waals surface area contributed by atoms with Crippen LogP contribution in [0.5, 0.6) is 5.75 Å². The van der Waals surface area contributed by atoms with E-state index in [1.165, 1.54) is 19.2 Å². The molecule has 21 heavy (non-hydrogen) atoms. The fraction of sp³-hybridized carbons (Fsp3) is 0.0833. The van der Waals surface area contributed by atoms with E-state index in [0.717, 1.165) is 4.47 Å². The number of nitro groups is 1. The van der Waals surface area contributed by atoms with E-state index in [4.69, 9.17) is 10.5 Å². The Bertz CT molecular complexity index is 709. The molecule has 110 valence electrons. The largest absolute Gasteiger partial charge is 0.495 e. The van der Waals surface area contributed by atoms with Crippen molar-refractivity contribution in [1.29, 1.82) is 0 Å². The van der Waals surface area contributed by atoms with Crippen molar-refractivity contribution in [3.63, 3.8) is 0 Å². The maximum absolute atomic E-state index is 11.0. The molecule has 7 nitrogen and oxygen atoms in total. The fourth-order valence-electron chi connectivity index (χ4n) is 1.62. The van der Waals surface area contributed by atoms with Crippen LogP contribution >= 0.6 is 31.9 Å². The molecule has 0 bridgehead atoms. The summed E-state index contributed by atoms with van der Waals surface area (Å²) in [7, 11) is 1.53. The van der Waals surface area contributed by atoms with E-state index in [1.807, 2.05) is 0 Å². The van der Waals surface area contributed by atoms with Gasteiger partial charge in [-0.2, -0.15) is 0 Å². The van der Waals surface area contributed by atoms with Crippen molar-refractivity contribution < 1.29 is 9.66 Å². The van der Waals surface area contributed by atoms with Gasteiger partial charge in [-0.05, 0) is 44.0 Å². The van der Waals surface area contributed by atoms with Gasteiger partial charge in [-0.1, -0.05) is 0 Å². The summed E-state index contributed by atoms with van der Waals surface area (Å²) in [5, 5.41) is 13.9. The van der Waals surface area contributed by atoms with Crippen molar-refractivity contribution in [2.24, 2.45) is 0 Å². The zero-order valence-electron chi connectivity index (χ0n) is 10.8. The van der Waals surface area contributed by atoms with Gasteiger partial charge in [0.15, 0.2) is 0 Å². The SMILES string of the molecule is COc1cc(Nc2nc(N)ccc2[N+](=O)[O-])c(Br)cc1Br. The lowest BCUT2D eigenvalue weighted by atomic mass is 10.3. The lowest BCUT2D eigenvalue weighted by molar-refractivity contribution is -0.384. The van der Waals surface area contributed by atoms with Gasteiger partial charge in [0.1, 0.15) is 11.6 Å². The number of nitrogen functional groups attached to an aromatic ring is 1. The molecule has 0 amide bonds. The topological polar surface area (TPSA) is 103 Å². The number of benzene rings is 1. The molecule has 2 rings (SSSR count). The van der Waals surface area contributed by atoms with E-state index < -0.39 is 4.92 Å². The van der Waals surface area contributed by atoms with Crippen LogP contribution in [0, 0.1) is 10.1 Å². The number of aromatic nitrogens is 1. The number of nitrogens with two attached hydrogens (primary N) is 1. The third-order valence-corrected chi connectivity index (χ3v) is 3.86. The number of ether oxygens (including phenoxy) is 1. The molecule has 1 aromatic carbocycles. The molecule has 0 radical (unpaired) electrons. The molecular formula is C12H10Br2N4O3. The Morgan fingerprint density at radius 1 is 1.33 bits per heavy atom. The van der Waals surface area contributed by atoms with Crippen LogP contribution in [0.1, 0.15) is 0 Å². The highest BCUT2D eigenvalue weighted by Gasteiger charge is 2.17. The van der Waals surface area contributed by atoms with Gasteiger partial charge in [0.25, 0.3) is 0 Å². The van der Waals surface area contributed by atoms with E-state index in [0.29, 0.717) is 15.9 Å². The summed E-state index contributed by atoms with van der Waals surface area (Å²) in [5.41, 5.74) is 5.98. The van der Waals surface area contributed by atoms with E-state index in [9.17, 15) is 10.1 Å². The van der Waals surface area contributed by atoms with Crippen LogP contribution in [0.4, 0.5) is 23.0 Å². The number of nitrogens with zero attached hydrogens (tertiary/aromatic N) is 2. The molecule has 0 saturated carbocycles. The number of rotatable bonds is 4. The summed E-state index contributed by atoms with van der Waals surface area (Å²) in [6, 6.07) is 6.12. The summed E-state index contributed by atoms with van der Waals surface area (Å²) in [6.45, 7) is 0. The van der Waals surface area contributed by atoms with E-state index in [2.05, 4.69) is 42.2 Å². The molecule has 9 heteroatoms. The third kappa shape index (κ3) is 3.42. The first-order valence-electron chi connectivity index (χ1n) is 5.63. The highest BCUT2D eigenvalue weighted by atomic mass is 79.9. The summed E-state index contributed by atoms with van der Waals surface area (Å²) < 4.78 is 6.63. The zero-order valence-corrected chi connectivity index (χ0v) is 13.9. The van der Waals surface area contributed by atoms with Crippen molar-refractivity contribution in [3.8, 4) is 5.75 Å². The second kappa shape index (κ2) is 6.27. The summed E-state index contributed by atoms with van der Waals surface area (Å²) in [5.74, 6) is 0.820. The van der Waals surface area contributed by atoms with Gasteiger partial charge < -0.3 is 15.8 Å². The Labute approximate surface area is 136 Å². The molecule has 0 aliphatic rings. The highest BCUT2D eigenvalue weighted by molar-refractivity contribution is 9.11. The van der Waals surface area contributed by atoms with Gasteiger partial charge in [-0.25, -0.2) is 4.98 Å². The Morgan fingerprint density at radius 2 is 2.05 bits per heavy atom. The molecule has 0 spiro atoms. The molecule has 2 aromatic rings. The molecule has 3 N–H and O–H groups in total. The van der Waals surface area contributed by atoms with Crippen molar-refractivity contribution in [2.75, 3.05) is 18.2 Å². The summed E-state index contributed by atoms with van der Waals surface area (Å²) in [4.78, 5) is 14.5. The minimum Gasteiger partial charge on any atom is -0.495 e. The second-order valence-corrected chi connectivity index (χ2v) is 5.66. The van der Waals surface area contributed by atoms with Crippen molar-refractivity contribution in [1.82, 2.24) is 4.98 Å². The predicted octanol–water partition coefficient (Wildman–Crippen LogP) is 3.85. The van der Waals surface area contributed by atoms with Crippen LogP contribution in [0.15, 0.2) is 33.2 Å². The molecular weight excluding hydrogens is 408 g/mol. The van der Waals surface area contributed by atoms with E-state index >= 15 is 0 Å². The van der Waals surface area contributed by atoms with Crippen LogP contribution in [-0.2, 0) is 0 Å². The Morgan fingerprint density at radius 3 is 2.67 bits per heavy atom. The Hall–Kier alpha value is -1.87. The van der Waals surface area contributed by atoms with Gasteiger partial charge in [0.2, 0.25) is 5.82 Å². The molecule has 0 atom stereocenters. The average molecular weight is 418 g/mol. The van der Waals surface area contributed by atoms with Crippen molar-refractivity contribution in [3.05, 3.63) is 43.3 Å². The van der Waals surface area contributed by atoms with Crippen molar-refractivity contribution in [2.45, 2.75) is 0 Å². The average Bonchev–Trinajstić information content (AvgIpc) is 2.41. The zero-order chi connectivity index (χ0) is 15.6. The number of hydrogen-bond acceptors (Lipinski definition) is 6. The quantitative estimate of drug-likeness (QED) is 0.578. The summed E-state index contributed by atoms with van der Waals surface area (Å²) >= 11 is 6.72. The Kier molecular flexibility index (Phi) is 4.63. The van der Waals surface area contributed by atoms with E-state index in [1.54, 1.807) is 12.1 Å². The number of halogens is 2. The third-order valence-electron chi connectivity index (χ3n) is 2.59. The fourth-order valence-corrected chi connectivity index (χ4v) is 2.87. The lowest BCUT2D eigenvalue weighted by Gasteiger charge is -2.11. The first-order chi connectivity index (χ1) is 9.92. The highest BCUT2D eigenvalue weighted by Crippen LogP contribution is 2.37. The minimum absolute atomic E-state index is 0.0603. The Balaban J connectivity index is 2.47. The molecule has 0 saturated heterocycles.